The summed E-state index contributed by atoms with van der Waals surface area (Å²) in [6, 6.07) is 3.67. The molecule has 3 heterocycles. The molecule has 0 saturated carbocycles. The Balaban J connectivity index is 2.10. The number of imidazole rings is 1. The maximum Gasteiger partial charge on any atom is 0.179 e. The molecule has 0 unspecified atom stereocenters. The fourth-order valence-corrected chi connectivity index (χ4v) is 2.34. The number of nitrogens with zero attached hydrogens (tertiary/aromatic N) is 4. The van der Waals surface area contributed by atoms with Gasteiger partial charge in [-0.05, 0) is 31.3 Å². The van der Waals surface area contributed by atoms with Crippen molar-refractivity contribution in [3.63, 3.8) is 0 Å². The highest BCUT2D eigenvalue weighted by Crippen LogP contribution is 2.17. The molecular weight excluding hydrogens is 282 g/mol. The van der Waals surface area contributed by atoms with Gasteiger partial charge in [0.15, 0.2) is 10.4 Å². The summed E-state index contributed by atoms with van der Waals surface area (Å²) < 4.78 is 2.49. The SMILES string of the molecule is Cc1nccc(Cn2c(=S)[nH]c3cc(Cl)cnc32)n1. The van der Waals surface area contributed by atoms with Crippen molar-refractivity contribution in [1.82, 2.24) is 24.5 Å². The number of fused-ring (bicyclic) bond motifs is 1. The molecule has 3 aromatic heterocycles. The molecule has 96 valence electrons. The van der Waals surface area contributed by atoms with Gasteiger partial charge in [-0.15, -0.1) is 0 Å². The molecule has 3 rings (SSSR count). The number of aromatic amines is 1. The predicted octanol–water partition coefficient (Wildman–Crippen LogP) is 2.89. The van der Waals surface area contributed by atoms with E-state index in [0.29, 0.717) is 16.3 Å². The molecule has 0 atom stereocenters. The van der Waals surface area contributed by atoms with Crippen LogP contribution in [0.1, 0.15) is 11.5 Å². The Hall–Kier alpha value is -1.79. The number of H-pyrrole nitrogens is 1. The molecule has 0 radical (unpaired) electrons. The third-order valence-electron chi connectivity index (χ3n) is 2.73. The van der Waals surface area contributed by atoms with Crippen LogP contribution in [-0.2, 0) is 6.54 Å². The summed E-state index contributed by atoms with van der Waals surface area (Å²) in [5.41, 5.74) is 2.48. The molecular formula is C12H10ClN5S. The second-order valence-electron chi connectivity index (χ2n) is 4.14. The molecule has 0 spiro atoms. The van der Waals surface area contributed by atoms with Crippen LogP contribution in [-0.4, -0.2) is 24.5 Å². The van der Waals surface area contributed by atoms with Crippen LogP contribution in [0.5, 0.6) is 0 Å². The highest BCUT2D eigenvalue weighted by Gasteiger charge is 2.07. The third kappa shape index (κ3) is 2.36. The summed E-state index contributed by atoms with van der Waals surface area (Å²) >= 11 is 11.2. The van der Waals surface area contributed by atoms with Crippen molar-refractivity contribution in [2.75, 3.05) is 0 Å². The van der Waals surface area contributed by atoms with Gasteiger partial charge < -0.3 is 4.98 Å². The highest BCUT2D eigenvalue weighted by molar-refractivity contribution is 7.71. The second kappa shape index (κ2) is 4.71. The quantitative estimate of drug-likeness (QED) is 0.738. The van der Waals surface area contributed by atoms with Crippen molar-refractivity contribution in [2.45, 2.75) is 13.5 Å². The maximum absolute atomic E-state index is 5.91. The van der Waals surface area contributed by atoms with Crippen molar-refractivity contribution in [2.24, 2.45) is 0 Å². The van der Waals surface area contributed by atoms with Crippen molar-refractivity contribution in [3.8, 4) is 0 Å². The average molecular weight is 292 g/mol. The number of hydrogen-bond donors (Lipinski definition) is 1. The van der Waals surface area contributed by atoms with Gasteiger partial charge in [0.2, 0.25) is 0 Å². The topological polar surface area (TPSA) is 59.4 Å². The lowest BCUT2D eigenvalue weighted by atomic mass is 10.4. The van der Waals surface area contributed by atoms with E-state index in [1.807, 2.05) is 17.6 Å². The summed E-state index contributed by atoms with van der Waals surface area (Å²) in [4.78, 5) is 15.8. The van der Waals surface area contributed by atoms with E-state index < -0.39 is 0 Å². The Bertz CT molecular complexity index is 807. The van der Waals surface area contributed by atoms with E-state index in [2.05, 4.69) is 19.9 Å². The standard InChI is InChI=1S/C12H10ClN5S/c1-7-14-3-2-9(16-7)6-18-11-10(17-12(18)19)4-8(13)5-15-11/h2-5H,6H2,1H3,(H,17,19). The van der Waals surface area contributed by atoms with Crippen LogP contribution in [0.25, 0.3) is 11.2 Å². The zero-order chi connectivity index (χ0) is 13.4. The minimum Gasteiger partial charge on any atom is -0.329 e. The normalized spacial score (nSPS) is 11.1. The lowest BCUT2D eigenvalue weighted by Gasteiger charge is -2.03. The van der Waals surface area contributed by atoms with Gasteiger partial charge in [-0.25, -0.2) is 15.0 Å². The summed E-state index contributed by atoms with van der Waals surface area (Å²) in [7, 11) is 0. The lowest BCUT2D eigenvalue weighted by molar-refractivity contribution is 0.766. The van der Waals surface area contributed by atoms with E-state index in [9.17, 15) is 0 Å². The monoisotopic (exact) mass is 291 g/mol. The second-order valence-corrected chi connectivity index (χ2v) is 4.96. The summed E-state index contributed by atoms with van der Waals surface area (Å²) in [5.74, 6) is 0.736. The molecule has 3 aromatic rings. The van der Waals surface area contributed by atoms with Crippen molar-refractivity contribution >= 4 is 35.0 Å². The van der Waals surface area contributed by atoms with Gasteiger partial charge in [-0.3, -0.25) is 4.57 Å². The molecule has 0 aromatic carbocycles. The summed E-state index contributed by atoms with van der Waals surface area (Å²) in [5, 5.41) is 0.578. The number of aromatic nitrogens is 5. The van der Waals surface area contributed by atoms with Crippen LogP contribution in [0.3, 0.4) is 0 Å². The molecule has 0 bridgehead atoms. The van der Waals surface area contributed by atoms with Crippen LogP contribution in [0.15, 0.2) is 24.5 Å². The Morgan fingerprint density at radius 1 is 1.42 bits per heavy atom. The van der Waals surface area contributed by atoms with E-state index in [1.54, 1.807) is 18.5 Å². The maximum atomic E-state index is 5.91. The van der Waals surface area contributed by atoms with Gasteiger partial charge in [0.05, 0.1) is 22.8 Å². The smallest absolute Gasteiger partial charge is 0.179 e. The summed E-state index contributed by atoms with van der Waals surface area (Å²) in [6.07, 6.45) is 3.34. The van der Waals surface area contributed by atoms with Gasteiger partial charge in [-0.2, -0.15) is 0 Å². The number of halogens is 1. The van der Waals surface area contributed by atoms with Gasteiger partial charge in [0.1, 0.15) is 5.82 Å². The van der Waals surface area contributed by atoms with Gasteiger partial charge >= 0.3 is 0 Å². The van der Waals surface area contributed by atoms with Crippen LogP contribution >= 0.6 is 23.8 Å². The minimum atomic E-state index is 0.552. The van der Waals surface area contributed by atoms with Gasteiger partial charge in [0, 0.05) is 12.4 Å². The zero-order valence-corrected chi connectivity index (χ0v) is 11.7. The third-order valence-corrected chi connectivity index (χ3v) is 3.26. The van der Waals surface area contributed by atoms with E-state index in [-0.39, 0.29) is 0 Å². The van der Waals surface area contributed by atoms with E-state index in [0.717, 1.165) is 22.7 Å². The molecule has 1 N–H and O–H groups in total. The molecule has 0 aliphatic heterocycles. The van der Waals surface area contributed by atoms with E-state index >= 15 is 0 Å². The Morgan fingerprint density at radius 2 is 2.26 bits per heavy atom. The number of rotatable bonds is 2. The van der Waals surface area contributed by atoms with E-state index in [1.165, 1.54) is 0 Å². The van der Waals surface area contributed by atoms with E-state index in [4.69, 9.17) is 23.8 Å². The first-order valence-corrected chi connectivity index (χ1v) is 6.45. The molecule has 7 heteroatoms. The Labute approximate surface area is 119 Å². The first-order valence-electron chi connectivity index (χ1n) is 5.66. The van der Waals surface area contributed by atoms with Crippen LogP contribution < -0.4 is 0 Å². The largest absolute Gasteiger partial charge is 0.329 e. The van der Waals surface area contributed by atoms with Crippen molar-refractivity contribution < 1.29 is 0 Å². The number of aryl methyl sites for hydroxylation is 1. The first kappa shape index (κ1) is 12.3. The molecule has 0 fully saturated rings. The minimum absolute atomic E-state index is 0.552. The zero-order valence-electron chi connectivity index (χ0n) is 10.1. The fraction of sp³-hybridized carbons (Fsp3) is 0.167. The molecule has 5 nitrogen and oxygen atoms in total. The average Bonchev–Trinajstić information content (AvgIpc) is 2.65. The van der Waals surface area contributed by atoms with Crippen molar-refractivity contribution in [3.05, 3.63) is 45.8 Å². The molecule has 0 saturated heterocycles. The summed E-state index contributed by atoms with van der Waals surface area (Å²) in [6.45, 7) is 2.41. The Kier molecular flexibility index (Phi) is 3.04. The van der Waals surface area contributed by atoms with Crippen LogP contribution in [0.4, 0.5) is 0 Å². The highest BCUT2D eigenvalue weighted by atomic mass is 35.5. The first-order chi connectivity index (χ1) is 9.13. The van der Waals surface area contributed by atoms with Crippen LogP contribution in [0, 0.1) is 11.7 Å². The molecule has 0 amide bonds. The lowest BCUT2D eigenvalue weighted by Crippen LogP contribution is -2.04. The van der Waals surface area contributed by atoms with Crippen LogP contribution in [0.2, 0.25) is 5.02 Å². The number of pyridine rings is 1. The molecule has 0 aliphatic rings. The van der Waals surface area contributed by atoms with Gasteiger partial charge in [0.25, 0.3) is 0 Å². The number of nitrogens with one attached hydrogen (secondary N) is 1. The molecule has 19 heavy (non-hydrogen) atoms. The van der Waals surface area contributed by atoms with Gasteiger partial charge in [-0.1, -0.05) is 11.6 Å². The predicted molar refractivity (Wildman–Crippen MR) is 75.8 cm³/mol. The number of hydrogen-bond acceptors (Lipinski definition) is 4. The molecule has 0 aliphatic carbocycles. The van der Waals surface area contributed by atoms with Crippen molar-refractivity contribution in [1.29, 1.82) is 0 Å². The Morgan fingerprint density at radius 3 is 3.05 bits per heavy atom. The fourth-order valence-electron chi connectivity index (χ4n) is 1.92.